The summed E-state index contributed by atoms with van der Waals surface area (Å²) in [6.07, 6.45) is 0. The van der Waals surface area contributed by atoms with Crippen LogP contribution in [-0.4, -0.2) is 44.0 Å². The van der Waals surface area contributed by atoms with Crippen molar-refractivity contribution in [2.75, 3.05) is 24.6 Å². The second-order valence-corrected chi connectivity index (χ2v) is 6.48. The number of nitrogens with zero attached hydrogens (tertiary/aromatic N) is 1. The summed E-state index contributed by atoms with van der Waals surface area (Å²) in [6.45, 7) is 7.94. The Morgan fingerprint density at radius 3 is 1.92 bits per heavy atom. The summed E-state index contributed by atoms with van der Waals surface area (Å²) in [6, 6.07) is 0.496. The van der Waals surface area contributed by atoms with Gasteiger partial charge in [0.05, 0.1) is 11.5 Å². The third-order valence-corrected chi connectivity index (χ3v) is 4.53. The van der Waals surface area contributed by atoms with Crippen LogP contribution in [0.25, 0.3) is 0 Å². The van der Waals surface area contributed by atoms with E-state index in [4.69, 9.17) is 0 Å². The molecule has 4 heteroatoms. The van der Waals surface area contributed by atoms with Gasteiger partial charge in [0.25, 0.3) is 0 Å². The molecule has 0 spiro atoms. The average molecular weight is 205 g/mol. The van der Waals surface area contributed by atoms with Crippen molar-refractivity contribution in [2.24, 2.45) is 5.92 Å². The first-order chi connectivity index (χ1) is 5.92. The summed E-state index contributed by atoms with van der Waals surface area (Å²) in [5.41, 5.74) is 0. The van der Waals surface area contributed by atoms with Crippen molar-refractivity contribution in [1.29, 1.82) is 0 Å². The first-order valence-corrected chi connectivity index (χ1v) is 6.69. The van der Waals surface area contributed by atoms with Gasteiger partial charge in [0, 0.05) is 19.1 Å². The minimum Gasteiger partial charge on any atom is -0.298 e. The Hall–Kier alpha value is -0.0900. The maximum absolute atomic E-state index is 11.2. The molecular formula is C9H19NO2S. The number of hydrogen-bond acceptors (Lipinski definition) is 3. The second kappa shape index (κ2) is 3.96. The molecule has 0 aliphatic carbocycles. The summed E-state index contributed by atoms with van der Waals surface area (Å²) in [5.74, 6) is 1.27. The van der Waals surface area contributed by atoms with Crippen LogP contribution >= 0.6 is 0 Å². The summed E-state index contributed by atoms with van der Waals surface area (Å²) in [7, 11) is -2.72. The molecule has 0 aromatic heterocycles. The van der Waals surface area contributed by atoms with Crippen molar-refractivity contribution in [2.45, 2.75) is 26.8 Å². The van der Waals surface area contributed by atoms with Gasteiger partial charge in [0.15, 0.2) is 9.84 Å². The fourth-order valence-electron chi connectivity index (χ4n) is 1.56. The lowest BCUT2D eigenvalue weighted by atomic mass is 10.1. The molecule has 0 bridgehead atoms. The molecule has 0 N–H and O–H groups in total. The lowest BCUT2D eigenvalue weighted by Gasteiger charge is -2.34. The van der Waals surface area contributed by atoms with E-state index < -0.39 is 9.84 Å². The van der Waals surface area contributed by atoms with E-state index in [0.717, 1.165) is 0 Å². The number of rotatable bonds is 2. The zero-order chi connectivity index (χ0) is 10.1. The Kier molecular flexibility index (Phi) is 3.35. The first-order valence-electron chi connectivity index (χ1n) is 4.87. The van der Waals surface area contributed by atoms with E-state index in [2.05, 4.69) is 25.7 Å². The SMILES string of the molecule is CC(C)[C@@H](C)N1CCS(=O)(=O)CC1. The highest BCUT2D eigenvalue weighted by Crippen LogP contribution is 2.13. The van der Waals surface area contributed by atoms with Crippen molar-refractivity contribution in [3.05, 3.63) is 0 Å². The van der Waals surface area contributed by atoms with Gasteiger partial charge >= 0.3 is 0 Å². The van der Waals surface area contributed by atoms with Gasteiger partial charge in [0.2, 0.25) is 0 Å². The van der Waals surface area contributed by atoms with Gasteiger partial charge in [-0.2, -0.15) is 0 Å². The van der Waals surface area contributed by atoms with Crippen molar-refractivity contribution >= 4 is 9.84 Å². The van der Waals surface area contributed by atoms with Gasteiger partial charge in [-0.05, 0) is 12.8 Å². The highest BCUT2D eigenvalue weighted by molar-refractivity contribution is 7.91. The Bertz CT molecular complexity index is 245. The van der Waals surface area contributed by atoms with Crippen LogP contribution in [0.3, 0.4) is 0 Å². The van der Waals surface area contributed by atoms with Crippen LogP contribution in [0, 0.1) is 5.92 Å². The lowest BCUT2D eigenvalue weighted by Crippen LogP contribution is -2.46. The molecule has 1 rings (SSSR count). The van der Waals surface area contributed by atoms with Crippen molar-refractivity contribution in [3.63, 3.8) is 0 Å². The van der Waals surface area contributed by atoms with Crippen molar-refractivity contribution in [3.8, 4) is 0 Å². The van der Waals surface area contributed by atoms with Crippen molar-refractivity contribution < 1.29 is 8.42 Å². The largest absolute Gasteiger partial charge is 0.298 e. The Balaban J connectivity index is 2.50. The highest BCUT2D eigenvalue weighted by Gasteiger charge is 2.25. The lowest BCUT2D eigenvalue weighted by molar-refractivity contribution is 0.182. The van der Waals surface area contributed by atoms with Gasteiger partial charge in [-0.1, -0.05) is 13.8 Å². The van der Waals surface area contributed by atoms with Crippen LogP contribution < -0.4 is 0 Å². The molecular weight excluding hydrogens is 186 g/mol. The summed E-state index contributed by atoms with van der Waals surface area (Å²) < 4.78 is 22.3. The van der Waals surface area contributed by atoms with Gasteiger partial charge in [-0.3, -0.25) is 4.90 Å². The van der Waals surface area contributed by atoms with Gasteiger partial charge in [-0.25, -0.2) is 8.42 Å². The fourth-order valence-corrected chi connectivity index (χ4v) is 2.78. The van der Waals surface area contributed by atoms with Crippen LogP contribution in [0.15, 0.2) is 0 Å². The smallest absolute Gasteiger partial charge is 0.152 e. The monoisotopic (exact) mass is 205 g/mol. The van der Waals surface area contributed by atoms with Gasteiger partial charge < -0.3 is 0 Å². The molecule has 1 aliphatic heterocycles. The first kappa shape index (κ1) is 11.0. The van der Waals surface area contributed by atoms with E-state index in [1.54, 1.807) is 0 Å². The minimum absolute atomic E-state index is 0.337. The van der Waals surface area contributed by atoms with E-state index in [1.165, 1.54) is 0 Å². The van der Waals surface area contributed by atoms with Crippen LogP contribution in [-0.2, 0) is 9.84 Å². The van der Waals surface area contributed by atoms with Crippen LogP contribution in [0.1, 0.15) is 20.8 Å². The molecule has 1 atom stereocenters. The summed E-state index contributed by atoms with van der Waals surface area (Å²) in [4.78, 5) is 2.27. The topological polar surface area (TPSA) is 37.4 Å². The maximum Gasteiger partial charge on any atom is 0.152 e. The summed E-state index contributed by atoms with van der Waals surface area (Å²) >= 11 is 0. The van der Waals surface area contributed by atoms with E-state index in [0.29, 0.717) is 36.6 Å². The Labute approximate surface area is 81.0 Å². The summed E-state index contributed by atoms with van der Waals surface area (Å²) in [5, 5.41) is 0. The zero-order valence-electron chi connectivity index (χ0n) is 8.66. The molecule has 3 nitrogen and oxygen atoms in total. The average Bonchev–Trinajstić information content (AvgIpc) is 2.03. The molecule has 0 aromatic rings. The number of hydrogen-bond donors (Lipinski definition) is 0. The maximum atomic E-state index is 11.2. The number of sulfone groups is 1. The van der Waals surface area contributed by atoms with Gasteiger partial charge in [0.1, 0.15) is 0 Å². The molecule has 1 fully saturated rings. The predicted octanol–water partition coefficient (Wildman–Crippen LogP) is 0.761. The van der Waals surface area contributed by atoms with Crippen LogP contribution in [0.2, 0.25) is 0 Å². The quantitative estimate of drug-likeness (QED) is 0.668. The Morgan fingerprint density at radius 2 is 1.54 bits per heavy atom. The van der Waals surface area contributed by atoms with Gasteiger partial charge in [-0.15, -0.1) is 0 Å². The normalized spacial score (nSPS) is 26.2. The molecule has 0 amide bonds. The molecule has 1 aliphatic rings. The van der Waals surface area contributed by atoms with Crippen LogP contribution in [0.4, 0.5) is 0 Å². The zero-order valence-corrected chi connectivity index (χ0v) is 9.47. The second-order valence-electron chi connectivity index (χ2n) is 4.17. The predicted molar refractivity (Wildman–Crippen MR) is 54.5 cm³/mol. The van der Waals surface area contributed by atoms with Crippen LogP contribution in [0.5, 0.6) is 0 Å². The molecule has 0 unspecified atom stereocenters. The molecule has 0 saturated carbocycles. The fraction of sp³-hybridized carbons (Fsp3) is 1.00. The highest BCUT2D eigenvalue weighted by atomic mass is 32.2. The van der Waals surface area contributed by atoms with E-state index >= 15 is 0 Å². The molecule has 1 saturated heterocycles. The van der Waals surface area contributed by atoms with E-state index in [-0.39, 0.29) is 0 Å². The third kappa shape index (κ3) is 2.95. The van der Waals surface area contributed by atoms with E-state index in [9.17, 15) is 8.42 Å². The molecule has 78 valence electrons. The standard InChI is InChI=1S/C9H19NO2S/c1-8(2)9(3)10-4-6-13(11,12)7-5-10/h8-9H,4-7H2,1-3H3/t9-/m1/s1. The molecule has 0 radical (unpaired) electrons. The molecule has 0 aromatic carbocycles. The molecule has 13 heavy (non-hydrogen) atoms. The molecule has 1 heterocycles. The Morgan fingerprint density at radius 1 is 1.08 bits per heavy atom. The van der Waals surface area contributed by atoms with Crippen molar-refractivity contribution in [1.82, 2.24) is 4.90 Å². The third-order valence-electron chi connectivity index (χ3n) is 2.92. The van der Waals surface area contributed by atoms with E-state index in [1.807, 2.05) is 0 Å². The minimum atomic E-state index is -2.72.